The van der Waals surface area contributed by atoms with Gasteiger partial charge in [0.25, 0.3) is 0 Å². The van der Waals surface area contributed by atoms with Crippen molar-refractivity contribution in [2.24, 2.45) is 0 Å². The Labute approximate surface area is 80.1 Å². The summed E-state index contributed by atoms with van der Waals surface area (Å²) in [6.45, 7) is 5.66. The molecule has 1 rings (SSSR count). The Balaban J connectivity index is 2.53. The topological polar surface area (TPSA) is 45.0 Å². The quantitative estimate of drug-likeness (QED) is 0.718. The number of nitrogens with zero attached hydrogens (tertiary/aromatic N) is 1. The lowest BCUT2D eigenvalue weighted by molar-refractivity contribution is 0.0544. The third-order valence-electron chi connectivity index (χ3n) is 2.70. The van der Waals surface area contributed by atoms with E-state index in [-0.39, 0.29) is 5.54 Å². The molecule has 0 saturated carbocycles. The zero-order valence-electron chi connectivity index (χ0n) is 8.47. The van der Waals surface area contributed by atoms with Crippen molar-refractivity contribution in [2.75, 3.05) is 13.2 Å². The number of ether oxygens (including phenoxy) is 1. The molecule has 1 unspecified atom stereocenters. The van der Waals surface area contributed by atoms with E-state index in [4.69, 9.17) is 10.00 Å². The summed E-state index contributed by atoms with van der Waals surface area (Å²) in [4.78, 5) is 0. The Morgan fingerprint density at radius 3 is 2.62 bits per heavy atom. The van der Waals surface area contributed by atoms with Crippen LogP contribution in [0.1, 0.15) is 33.1 Å². The molecule has 0 amide bonds. The van der Waals surface area contributed by atoms with Gasteiger partial charge < -0.3 is 4.74 Å². The van der Waals surface area contributed by atoms with Gasteiger partial charge in [-0.3, -0.25) is 5.32 Å². The molecule has 1 atom stereocenters. The monoisotopic (exact) mass is 182 g/mol. The maximum absolute atomic E-state index is 9.12. The van der Waals surface area contributed by atoms with E-state index in [1.54, 1.807) is 0 Å². The highest BCUT2D eigenvalue weighted by atomic mass is 16.5. The summed E-state index contributed by atoms with van der Waals surface area (Å²) < 4.78 is 5.25. The number of nitriles is 1. The molecular weight excluding hydrogens is 164 g/mol. The average Bonchev–Trinajstić information content (AvgIpc) is 2.19. The van der Waals surface area contributed by atoms with Gasteiger partial charge in [0.1, 0.15) is 5.54 Å². The van der Waals surface area contributed by atoms with Gasteiger partial charge in [-0.05, 0) is 13.3 Å². The molecule has 3 nitrogen and oxygen atoms in total. The summed E-state index contributed by atoms with van der Waals surface area (Å²) in [7, 11) is 0. The van der Waals surface area contributed by atoms with Crippen LogP contribution in [-0.2, 0) is 4.74 Å². The van der Waals surface area contributed by atoms with Crippen LogP contribution in [0.2, 0.25) is 0 Å². The molecule has 1 aliphatic rings. The maximum Gasteiger partial charge on any atom is 0.111 e. The standard InChI is InChI=1S/C10H18N2O/c1-3-9(2)12-10(8-11)4-6-13-7-5-10/h9,12H,3-7H2,1-2H3. The molecule has 0 aliphatic carbocycles. The zero-order chi connectivity index (χ0) is 9.73. The van der Waals surface area contributed by atoms with Gasteiger partial charge in [0.2, 0.25) is 0 Å². The van der Waals surface area contributed by atoms with E-state index in [9.17, 15) is 0 Å². The van der Waals surface area contributed by atoms with Crippen LogP contribution < -0.4 is 5.32 Å². The van der Waals surface area contributed by atoms with E-state index in [1.807, 2.05) is 0 Å². The lowest BCUT2D eigenvalue weighted by Gasteiger charge is -2.34. The Morgan fingerprint density at radius 2 is 2.15 bits per heavy atom. The van der Waals surface area contributed by atoms with Gasteiger partial charge in [-0.25, -0.2) is 0 Å². The van der Waals surface area contributed by atoms with E-state index in [2.05, 4.69) is 25.2 Å². The van der Waals surface area contributed by atoms with Gasteiger partial charge in [0.15, 0.2) is 0 Å². The molecule has 3 heteroatoms. The van der Waals surface area contributed by atoms with Crippen LogP contribution in [0.3, 0.4) is 0 Å². The predicted octanol–water partition coefficient (Wildman–Crippen LogP) is 1.45. The van der Waals surface area contributed by atoms with Gasteiger partial charge >= 0.3 is 0 Å². The first-order valence-electron chi connectivity index (χ1n) is 4.99. The van der Waals surface area contributed by atoms with E-state index < -0.39 is 0 Å². The van der Waals surface area contributed by atoms with Crippen molar-refractivity contribution >= 4 is 0 Å². The zero-order valence-corrected chi connectivity index (χ0v) is 8.47. The van der Waals surface area contributed by atoms with Gasteiger partial charge in [-0.2, -0.15) is 5.26 Å². The van der Waals surface area contributed by atoms with Crippen LogP contribution >= 0.6 is 0 Å². The summed E-state index contributed by atoms with van der Waals surface area (Å²) in [6, 6.07) is 2.81. The fourth-order valence-electron chi connectivity index (χ4n) is 1.58. The van der Waals surface area contributed by atoms with E-state index in [0.717, 1.165) is 19.3 Å². The SMILES string of the molecule is CCC(C)NC1(C#N)CCOCC1. The minimum absolute atomic E-state index is 0.326. The molecule has 13 heavy (non-hydrogen) atoms. The second kappa shape index (κ2) is 4.59. The Kier molecular flexibility index (Phi) is 3.71. The first kappa shape index (κ1) is 10.5. The minimum Gasteiger partial charge on any atom is -0.381 e. The third-order valence-corrected chi connectivity index (χ3v) is 2.70. The normalized spacial score (nSPS) is 23.5. The number of rotatable bonds is 3. The second-order valence-electron chi connectivity index (χ2n) is 3.76. The fourth-order valence-corrected chi connectivity index (χ4v) is 1.58. The summed E-state index contributed by atoms with van der Waals surface area (Å²) in [5.41, 5.74) is -0.326. The molecule has 74 valence electrons. The Hall–Kier alpha value is -0.590. The lowest BCUT2D eigenvalue weighted by atomic mass is 9.90. The van der Waals surface area contributed by atoms with E-state index >= 15 is 0 Å². The third kappa shape index (κ3) is 2.68. The Bertz CT molecular complexity index is 192. The number of hydrogen-bond donors (Lipinski definition) is 1. The highest BCUT2D eigenvalue weighted by molar-refractivity contribution is 5.08. The van der Waals surface area contributed by atoms with Crippen LogP contribution in [-0.4, -0.2) is 24.8 Å². The van der Waals surface area contributed by atoms with Gasteiger partial charge in [-0.1, -0.05) is 6.92 Å². The van der Waals surface area contributed by atoms with E-state index in [1.165, 1.54) is 0 Å². The molecule has 0 aromatic carbocycles. The highest BCUT2D eigenvalue weighted by Gasteiger charge is 2.33. The van der Waals surface area contributed by atoms with Gasteiger partial charge in [0, 0.05) is 32.1 Å². The molecular formula is C10H18N2O. The summed E-state index contributed by atoms with van der Waals surface area (Å²) in [5.74, 6) is 0. The van der Waals surface area contributed by atoms with Crippen LogP contribution in [0.5, 0.6) is 0 Å². The van der Waals surface area contributed by atoms with Crippen LogP contribution in [0, 0.1) is 11.3 Å². The summed E-state index contributed by atoms with van der Waals surface area (Å²) >= 11 is 0. The second-order valence-corrected chi connectivity index (χ2v) is 3.76. The largest absolute Gasteiger partial charge is 0.381 e. The Morgan fingerprint density at radius 1 is 1.54 bits per heavy atom. The van der Waals surface area contributed by atoms with Crippen molar-refractivity contribution in [3.05, 3.63) is 0 Å². The van der Waals surface area contributed by atoms with Crippen LogP contribution in [0.15, 0.2) is 0 Å². The molecule has 0 aromatic rings. The smallest absolute Gasteiger partial charge is 0.111 e. The number of hydrogen-bond acceptors (Lipinski definition) is 3. The van der Waals surface area contributed by atoms with Crippen molar-refractivity contribution < 1.29 is 4.74 Å². The molecule has 0 radical (unpaired) electrons. The van der Waals surface area contributed by atoms with Crippen molar-refractivity contribution in [3.63, 3.8) is 0 Å². The molecule has 1 heterocycles. The molecule has 0 spiro atoms. The van der Waals surface area contributed by atoms with E-state index in [0.29, 0.717) is 19.3 Å². The lowest BCUT2D eigenvalue weighted by Crippen LogP contribution is -2.51. The summed E-state index contributed by atoms with van der Waals surface area (Å²) in [5, 5.41) is 12.5. The summed E-state index contributed by atoms with van der Waals surface area (Å²) in [6.07, 6.45) is 2.69. The maximum atomic E-state index is 9.12. The van der Waals surface area contributed by atoms with Gasteiger partial charge in [0.05, 0.1) is 6.07 Å². The molecule has 0 aromatic heterocycles. The highest BCUT2D eigenvalue weighted by Crippen LogP contribution is 2.20. The fraction of sp³-hybridized carbons (Fsp3) is 0.900. The first-order valence-corrected chi connectivity index (χ1v) is 4.99. The van der Waals surface area contributed by atoms with Crippen molar-refractivity contribution in [1.29, 1.82) is 5.26 Å². The van der Waals surface area contributed by atoms with Crippen molar-refractivity contribution in [1.82, 2.24) is 5.32 Å². The predicted molar refractivity (Wildman–Crippen MR) is 51.3 cm³/mol. The molecule has 0 bridgehead atoms. The molecule has 1 N–H and O–H groups in total. The van der Waals surface area contributed by atoms with Crippen molar-refractivity contribution in [2.45, 2.75) is 44.7 Å². The molecule has 1 saturated heterocycles. The van der Waals surface area contributed by atoms with Gasteiger partial charge in [-0.15, -0.1) is 0 Å². The van der Waals surface area contributed by atoms with Crippen LogP contribution in [0.4, 0.5) is 0 Å². The van der Waals surface area contributed by atoms with Crippen molar-refractivity contribution in [3.8, 4) is 6.07 Å². The van der Waals surface area contributed by atoms with Crippen LogP contribution in [0.25, 0.3) is 0 Å². The molecule has 1 fully saturated rings. The average molecular weight is 182 g/mol. The first-order chi connectivity index (χ1) is 6.22. The number of nitrogens with one attached hydrogen (secondary N) is 1. The minimum atomic E-state index is -0.326. The molecule has 1 aliphatic heterocycles.